The number of hydrogen-bond acceptors (Lipinski definition) is 2. The zero-order chi connectivity index (χ0) is 12.8. The van der Waals surface area contributed by atoms with Crippen molar-refractivity contribution in [3.05, 3.63) is 41.7 Å². The third-order valence-corrected chi connectivity index (χ3v) is 2.82. The van der Waals surface area contributed by atoms with Gasteiger partial charge in [0.05, 0.1) is 0 Å². The standard InChI is InChI=1S/C14H20FNO/c1-5-10(2)9-17-14-7-6-12(8-13(14)15)11(3)16-4/h6-8,11,16H,2,5,9H2,1,3-4H3. The van der Waals surface area contributed by atoms with Crippen molar-refractivity contribution >= 4 is 0 Å². The molecular weight excluding hydrogens is 217 g/mol. The Morgan fingerprint density at radius 2 is 2.24 bits per heavy atom. The second-order valence-electron chi connectivity index (χ2n) is 4.09. The number of rotatable bonds is 6. The van der Waals surface area contributed by atoms with E-state index in [1.54, 1.807) is 6.07 Å². The van der Waals surface area contributed by atoms with E-state index in [-0.39, 0.29) is 17.6 Å². The third-order valence-electron chi connectivity index (χ3n) is 2.82. The summed E-state index contributed by atoms with van der Waals surface area (Å²) >= 11 is 0. The quantitative estimate of drug-likeness (QED) is 0.765. The summed E-state index contributed by atoms with van der Waals surface area (Å²) in [6.45, 7) is 8.17. The first-order valence-electron chi connectivity index (χ1n) is 5.84. The van der Waals surface area contributed by atoms with E-state index in [9.17, 15) is 4.39 Å². The molecule has 1 unspecified atom stereocenters. The molecule has 2 nitrogen and oxygen atoms in total. The molecule has 0 amide bonds. The summed E-state index contributed by atoms with van der Waals surface area (Å²) in [7, 11) is 1.85. The molecule has 0 aliphatic rings. The van der Waals surface area contributed by atoms with Gasteiger partial charge in [-0.3, -0.25) is 0 Å². The SMILES string of the molecule is C=C(CC)COc1ccc(C(C)NC)cc1F. The van der Waals surface area contributed by atoms with Crippen LogP contribution in [-0.2, 0) is 0 Å². The molecule has 1 rings (SSSR count). The van der Waals surface area contributed by atoms with Gasteiger partial charge in [0.15, 0.2) is 11.6 Å². The van der Waals surface area contributed by atoms with E-state index in [0.29, 0.717) is 6.61 Å². The first kappa shape index (κ1) is 13.7. The minimum atomic E-state index is -0.325. The lowest BCUT2D eigenvalue weighted by molar-refractivity contribution is 0.329. The maximum Gasteiger partial charge on any atom is 0.165 e. The molecule has 0 aliphatic heterocycles. The van der Waals surface area contributed by atoms with Gasteiger partial charge < -0.3 is 10.1 Å². The smallest absolute Gasteiger partial charge is 0.165 e. The fourth-order valence-corrected chi connectivity index (χ4v) is 1.35. The van der Waals surface area contributed by atoms with Gasteiger partial charge in [-0.15, -0.1) is 0 Å². The van der Waals surface area contributed by atoms with Crippen LogP contribution in [0.4, 0.5) is 4.39 Å². The Bertz CT molecular complexity index is 390. The van der Waals surface area contributed by atoms with Gasteiger partial charge in [-0.25, -0.2) is 4.39 Å². The molecule has 0 fully saturated rings. The minimum absolute atomic E-state index is 0.129. The molecule has 0 aromatic heterocycles. The topological polar surface area (TPSA) is 21.3 Å². The van der Waals surface area contributed by atoms with Crippen molar-refractivity contribution in [2.24, 2.45) is 0 Å². The second-order valence-corrected chi connectivity index (χ2v) is 4.09. The summed E-state index contributed by atoms with van der Waals surface area (Å²) in [5.41, 5.74) is 1.86. The molecule has 0 aliphatic carbocycles. The largest absolute Gasteiger partial charge is 0.486 e. The molecule has 1 N–H and O–H groups in total. The Morgan fingerprint density at radius 3 is 2.76 bits per heavy atom. The summed E-state index contributed by atoms with van der Waals surface area (Å²) in [6, 6.07) is 5.17. The molecule has 0 heterocycles. The number of ether oxygens (including phenoxy) is 1. The van der Waals surface area contributed by atoms with Crippen molar-refractivity contribution in [3.63, 3.8) is 0 Å². The molecule has 0 radical (unpaired) electrons. The molecule has 94 valence electrons. The molecule has 0 saturated carbocycles. The highest BCUT2D eigenvalue weighted by molar-refractivity contribution is 5.31. The molecule has 1 aromatic rings. The van der Waals surface area contributed by atoms with Crippen LogP contribution in [0.3, 0.4) is 0 Å². The lowest BCUT2D eigenvalue weighted by atomic mass is 10.1. The van der Waals surface area contributed by atoms with E-state index in [4.69, 9.17) is 4.74 Å². The predicted octanol–water partition coefficient (Wildman–Crippen LogP) is 3.45. The van der Waals surface area contributed by atoms with E-state index < -0.39 is 0 Å². The summed E-state index contributed by atoms with van der Waals surface area (Å²) in [5, 5.41) is 3.07. The fourth-order valence-electron chi connectivity index (χ4n) is 1.35. The third kappa shape index (κ3) is 3.86. The molecule has 0 bridgehead atoms. The molecule has 3 heteroatoms. The van der Waals surface area contributed by atoms with Crippen LogP contribution in [0.25, 0.3) is 0 Å². The van der Waals surface area contributed by atoms with Crippen molar-refractivity contribution in [1.29, 1.82) is 0 Å². The Labute approximate surface area is 102 Å². The van der Waals surface area contributed by atoms with Gasteiger partial charge in [-0.2, -0.15) is 0 Å². The van der Waals surface area contributed by atoms with Crippen molar-refractivity contribution in [1.82, 2.24) is 5.32 Å². The van der Waals surface area contributed by atoms with E-state index in [1.165, 1.54) is 6.07 Å². The summed E-state index contributed by atoms with van der Waals surface area (Å²) in [5.74, 6) is -0.0415. The molecule has 17 heavy (non-hydrogen) atoms. The van der Waals surface area contributed by atoms with Gasteiger partial charge in [-0.1, -0.05) is 19.6 Å². The van der Waals surface area contributed by atoms with Crippen molar-refractivity contribution in [2.75, 3.05) is 13.7 Å². The van der Waals surface area contributed by atoms with Gasteiger partial charge >= 0.3 is 0 Å². The molecule has 1 aromatic carbocycles. The normalized spacial score (nSPS) is 12.2. The summed E-state index contributed by atoms with van der Waals surface area (Å²) < 4.78 is 19.1. The molecule has 1 atom stereocenters. The summed E-state index contributed by atoms with van der Waals surface area (Å²) in [6.07, 6.45) is 0.844. The van der Waals surface area contributed by atoms with Crippen molar-refractivity contribution in [3.8, 4) is 5.75 Å². The van der Waals surface area contributed by atoms with Crippen LogP contribution >= 0.6 is 0 Å². The van der Waals surface area contributed by atoms with Crippen LogP contribution in [0.2, 0.25) is 0 Å². The lowest BCUT2D eigenvalue weighted by Crippen LogP contribution is -2.12. The fraction of sp³-hybridized carbons (Fsp3) is 0.429. The first-order valence-corrected chi connectivity index (χ1v) is 5.84. The van der Waals surface area contributed by atoms with E-state index in [2.05, 4.69) is 11.9 Å². The average molecular weight is 237 g/mol. The number of nitrogens with one attached hydrogen (secondary N) is 1. The zero-order valence-corrected chi connectivity index (χ0v) is 10.7. The highest BCUT2D eigenvalue weighted by atomic mass is 19.1. The number of hydrogen-bond donors (Lipinski definition) is 1. The van der Waals surface area contributed by atoms with Gasteiger partial charge in [-0.05, 0) is 43.7 Å². The van der Waals surface area contributed by atoms with Gasteiger partial charge in [0.2, 0.25) is 0 Å². The lowest BCUT2D eigenvalue weighted by Gasteiger charge is -2.13. The van der Waals surface area contributed by atoms with E-state index in [1.807, 2.05) is 27.0 Å². The Hall–Kier alpha value is -1.35. The number of halogens is 1. The van der Waals surface area contributed by atoms with Crippen molar-refractivity contribution in [2.45, 2.75) is 26.3 Å². The summed E-state index contributed by atoms with van der Waals surface area (Å²) in [4.78, 5) is 0. The van der Waals surface area contributed by atoms with Crippen molar-refractivity contribution < 1.29 is 9.13 Å². The highest BCUT2D eigenvalue weighted by Crippen LogP contribution is 2.22. The van der Waals surface area contributed by atoms with E-state index >= 15 is 0 Å². The maximum absolute atomic E-state index is 13.7. The average Bonchev–Trinajstić information content (AvgIpc) is 2.35. The number of benzene rings is 1. The zero-order valence-electron chi connectivity index (χ0n) is 10.7. The molecule has 0 saturated heterocycles. The Morgan fingerprint density at radius 1 is 1.53 bits per heavy atom. The first-order chi connectivity index (χ1) is 8.08. The highest BCUT2D eigenvalue weighted by Gasteiger charge is 2.08. The van der Waals surface area contributed by atoms with E-state index in [0.717, 1.165) is 17.6 Å². The van der Waals surface area contributed by atoms with Crippen LogP contribution in [0.1, 0.15) is 31.9 Å². The van der Waals surface area contributed by atoms with Crippen LogP contribution in [-0.4, -0.2) is 13.7 Å². The maximum atomic E-state index is 13.7. The Balaban J connectivity index is 2.72. The monoisotopic (exact) mass is 237 g/mol. The van der Waals surface area contributed by atoms with Crippen LogP contribution in [0.5, 0.6) is 5.75 Å². The van der Waals surface area contributed by atoms with Crippen LogP contribution < -0.4 is 10.1 Å². The van der Waals surface area contributed by atoms with Crippen LogP contribution in [0.15, 0.2) is 30.4 Å². The van der Waals surface area contributed by atoms with Gasteiger partial charge in [0.1, 0.15) is 6.61 Å². The van der Waals surface area contributed by atoms with Crippen LogP contribution in [0, 0.1) is 5.82 Å². The van der Waals surface area contributed by atoms with Gasteiger partial charge in [0.25, 0.3) is 0 Å². The predicted molar refractivity (Wildman–Crippen MR) is 68.8 cm³/mol. The minimum Gasteiger partial charge on any atom is -0.486 e. The molecular formula is C14H20FNO. The van der Waals surface area contributed by atoms with Gasteiger partial charge in [0, 0.05) is 6.04 Å². The molecule has 0 spiro atoms. The Kier molecular flexibility index (Phi) is 5.16. The second kappa shape index (κ2) is 6.40.